The van der Waals surface area contributed by atoms with Crippen molar-refractivity contribution in [1.29, 1.82) is 0 Å². The maximum Gasteiger partial charge on any atom is 0.179 e. The lowest BCUT2D eigenvalue weighted by Crippen LogP contribution is -2.09. The topological polar surface area (TPSA) is 68.5 Å². The molecule has 0 saturated heterocycles. The highest BCUT2D eigenvalue weighted by Gasteiger charge is 2.18. The number of hydrogen-bond acceptors (Lipinski definition) is 5. The van der Waals surface area contributed by atoms with Gasteiger partial charge in [-0.1, -0.05) is 65.3 Å². The van der Waals surface area contributed by atoms with Gasteiger partial charge >= 0.3 is 0 Å². The molecule has 0 bridgehead atoms. The zero-order chi connectivity index (χ0) is 18.8. The molecule has 0 spiro atoms. The van der Waals surface area contributed by atoms with Crippen LogP contribution in [0.5, 0.6) is 0 Å². The van der Waals surface area contributed by atoms with E-state index in [1.165, 1.54) is 10.7 Å². The fourth-order valence-electron chi connectivity index (χ4n) is 2.89. The average Bonchev–Trinajstić information content (AvgIpc) is 3.11. The molecular formula is C19H16ClFN6. The van der Waals surface area contributed by atoms with Gasteiger partial charge in [0.05, 0.1) is 12.6 Å². The second-order valence-electron chi connectivity index (χ2n) is 6.15. The molecular weight excluding hydrogens is 367 g/mol. The highest BCUT2D eigenvalue weighted by Crippen LogP contribution is 2.27. The Balaban J connectivity index is 1.69. The van der Waals surface area contributed by atoms with Gasteiger partial charge in [0.25, 0.3) is 0 Å². The number of hydrogen-bond donors (Lipinski definition) is 1. The van der Waals surface area contributed by atoms with Gasteiger partial charge in [0, 0.05) is 5.56 Å². The molecule has 6 nitrogen and oxygen atoms in total. The van der Waals surface area contributed by atoms with Gasteiger partial charge in [-0.3, -0.25) is 0 Å². The summed E-state index contributed by atoms with van der Waals surface area (Å²) in [5, 5.41) is 19.9. The number of anilines is 1. The molecule has 0 radical (unpaired) electrons. The number of aromatic nitrogens is 5. The second-order valence-corrected chi connectivity index (χ2v) is 6.51. The third kappa shape index (κ3) is 3.46. The lowest BCUT2D eigenvalue weighted by Gasteiger charge is -2.14. The van der Waals surface area contributed by atoms with Crippen molar-refractivity contribution in [2.45, 2.75) is 19.5 Å². The molecule has 1 unspecified atom stereocenters. The quantitative estimate of drug-likeness (QED) is 0.559. The molecule has 1 N–H and O–H groups in total. The van der Waals surface area contributed by atoms with Crippen LogP contribution in [-0.4, -0.2) is 25.2 Å². The first kappa shape index (κ1) is 17.4. The zero-order valence-electron chi connectivity index (χ0n) is 14.5. The number of benzene rings is 2. The summed E-state index contributed by atoms with van der Waals surface area (Å²) in [5.74, 6) is 0.167. The molecule has 2 aromatic heterocycles. The third-order valence-corrected chi connectivity index (χ3v) is 4.58. The Labute approximate surface area is 160 Å². The summed E-state index contributed by atoms with van der Waals surface area (Å²) in [6, 6.07) is 16.5. The molecule has 4 aromatic rings. The lowest BCUT2D eigenvalue weighted by molar-refractivity contribution is 0.583. The Hall–Kier alpha value is -3.06. The van der Waals surface area contributed by atoms with Crippen LogP contribution in [0.1, 0.15) is 24.1 Å². The van der Waals surface area contributed by atoms with Gasteiger partial charge in [0.15, 0.2) is 16.5 Å². The van der Waals surface area contributed by atoms with Crippen LogP contribution in [0.4, 0.5) is 10.2 Å². The molecule has 0 aliphatic rings. The van der Waals surface area contributed by atoms with Gasteiger partial charge < -0.3 is 5.32 Å². The highest BCUT2D eigenvalue weighted by atomic mass is 35.5. The van der Waals surface area contributed by atoms with E-state index in [1.807, 2.05) is 37.3 Å². The van der Waals surface area contributed by atoms with E-state index in [4.69, 9.17) is 11.6 Å². The van der Waals surface area contributed by atoms with Crippen molar-refractivity contribution in [2.75, 3.05) is 5.32 Å². The lowest BCUT2D eigenvalue weighted by atomic mass is 10.1. The first-order chi connectivity index (χ1) is 13.1. The highest BCUT2D eigenvalue weighted by molar-refractivity contribution is 6.33. The summed E-state index contributed by atoms with van der Waals surface area (Å²) in [5.41, 5.74) is 2.59. The molecule has 8 heteroatoms. The van der Waals surface area contributed by atoms with Crippen LogP contribution in [0, 0.1) is 5.82 Å². The van der Waals surface area contributed by atoms with E-state index >= 15 is 0 Å². The Bertz CT molecular complexity index is 1080. The van der Waals surface area contributed by atoms with E-state index in [-0.39, 0.29) is 23.6 Å². The van der Waals surface area contributed by atoms with E-state index in [2.05, 4.69) is 25.8 Å². The van der Waals surface area contributed by atoms with Crippen LogP contribution < -0.4 is 5.32 Å². The first-order valence-corrected chi connectivity index (χ1v) is 8.81. The number of rotatable bonds is 5. The van der Waals surface area contributed by atoms with Crippen molar-refractivity contribution in [1.82, 2.24) is 25.2 Å². The minimum atomic E-state index is -0.310. The predicted molar refractivity (Wildman–Crippen MR) is 102 cm³/mol. The SMILES string of the molecule is CC(Nc1nnc(Cl)c2c1nnn2Cc1ccccc1F)c1ccccc1. The maximum atomic E-state index is 14.0. The fourth-order valence-corrected chi connectivity index (χ4v) is 3.12. The Kier molecular flexibility index (Phi) is 4.68. The van der Waals surface area contributed by atoms with E-state index in [0.29, 0.717) is 22.4 Å². The first-order valence-electron chi connectivity index (χ1n) is 8.43. The minimum Gasteiger partial charge on any atom is -0.360 e. The van der Waals surface area contributed by atoms with Gasteiger partial charge in [0.1, 0.15) is 11.3 Å². The standard InChI is InChI=1S/C19H16ClFN6/c1-12(13-7-3-2-4-8-13)22-19-16-17(18(20)24-25-19)27(26-23-16)11-14-9-5-6-10-15(14)21/h2-10,12H,11H2,1H3,(H,22,25). The van der Waals surface area contributed by atoms with Crippen LogP contribution in [0.2, 0.25) is 5.15 Å². The molecule has 4 rings (SSSR count). The summed E-state index contributed by atoms with van der Waals surface area (Å²) >= 11 is 6.24. The molecule has 2 heterocycles. The van der Waals surface area contributed by atoms with Crippen molar-refractivity contribution in [3.8, 4) is 0 Å². The van der Waals surface area contributed by atoms with Gasteiger partial charge in [-0.15, -0.1) is 15.3 Å². The average molecular weight is 383 g/mol. The van der Waals surface area contributed by atoms with E-state index in [9.17, 15) is 4.39 Å². The molecule has 0 fully saturated rings. The van der Waals surface area contributed by atoms with E-state index in [1.54, 1.807) is 18.2 Å². The number of halogens is 2. The molecule has 0 aliphatic heterocycles. The van der Waals surface area contributed by atoms with Crippen molar-refractivity contribution in [3.63, 3.8) is 0 Å². The molecule has 1 atom stereocenters. The molecule has 0 saturated carbocycles. The van der Waals surface area contributed by atoms with Gasteiger partial charge in [-0.05, 0) is 18.6 Å². The summed E-state index contributed by atoms with van der Waals surface area (Å²) in [4.78, 5) is 0. The monoisotopic (exact) mass is 382 g/mol. The Morgan fingerprint density at radius 3 is 2.56 bits per heavy atom. The summed E-state index contributed by atoms with van der Waals surface area (Å²) < 4.78 is 15.5. The fraction of sp³-hybridized carbons (Fsp3) is 0.158. The Morgan fingerprint density at radius 2 is 1.78 bits per heavy atom. The molecule has 136 valence electrons. The van der Waals surface area contributed by atoms with Crippen LogP contribution in [-0.2, 0) is 6.54 Å². The Morgan fingerprint density at radius 1 is 1.04 bits per heavy atom. The second kappa shape index (κ2) is 7.28. The van der Waals surface area contributed by atoms with Crippen molar-refractivity contribution >= 4 is 28.5 Å². The van der Waals surface area contributed by atoms with Crippen LogP contribution in [0.3, 0.4) is 0 Å². The molecule has 0 aliphatic carbocycles. The van der Waals surface area contributed by atoms with Gasteiger partial charge in [0.2, 0.25) is 0 Å². The normalized spacial score (nSPS) is 12.3. The summed E-state index contributed by atoms with van der Waals surface area (Å²) in [6.45, 7) is 2.21. The molecule has 0 amide bonds. The molecule has 2 aromatic carbocycles. The van der Waals surface area contributed by atoms with Gasteiger partial charge in [-0.25, -0.2) is 9.07 Å². The van der Waals surface area contributed by atoms with Crippen molar-refractivity contribution in [3.05, 3.63) is 76.7 Å². The smallest absolute Gasteiger partial charge is 0.179 e. The number of fused-ring (bicyclic) bond motifs is 1. The van der Waals surface area contributed by atoms with Crippen molar-refractivity contribution in [2.24, 2.45) is 0 Å². The summed E-state index contributed by atoms with van der Waals surface area (Å²) in [6.07, 6.45) is 0. The maximum absolute atomic E-state index is 14.0. The predicted octanol–water partition coefficient (Wildman–Crippen LogP) is 4.24. The number of nitrogens with zero attached hydrogens (tertiary/aromatic N) is 5. The van der Waals surface area contributed by atoms with Gasteiger partial charge in [-0.2, -0.15) is 0 Å². The van der Waals surface area contributed by atoms with E-state index < -0.39 is 0 Å². The van der Waals surface area contributed by atoms with Crippen molar-refractivity contribution < 1.29 is 4.39 Å². The third-order valence-electron chi connectivity index (χ3n) is 4.32. The number of nitrogens with one attached hydrogen (secondary N) is 1. The largest absolute Gasteiger partial charge is 0.360 e. The van der Waals surface area contributed by atoms with E-state index in [0.717, 1.165) is 5.56 Å². The summed E-state index contributed by atoms with van der Waals surface area (Å²) in [7, 11) is 0. The van der Waals surface area contributed by atoms with Crippen LogP contribution in [0.15, 0.2) is 54.6 Å². The minimum absolute atomic E-state index is 0.0124. The zero-order valence-corrected chi connectivity index (χ0v) is 15.2. The van der Waals surface area contributed by atoms with Crippen LogP contribution >= 0.6 is 11.6 Å². The van der Waals surface area contributed by atoms with Crippen LogP contribution in [0.25, 0.3) is 11.0 Å². The molecule has 27 heavy (non-hydrogen) atoms.